The maximum atomic E-state index is 14.4. The molecule has 2 bridgehead atoms. The van der Waals surface area contributed by atoms with E-state index in [1.165, 1.54) is 0 Å². The summed E-state index contributed by atoms with van der Waals surface area (Å²) in [6.45, 7) is 18.6. The maximum Gasteiger partial charge on any atom is 0.248 e. The van der Waals surface area contributed by atoms with Crippen LogP contribution < -0.4 is 0 Å². The molecule has 8 nitrogen and oxygen atoms in total. The highest BCUT2D eigenvalue weighted by Crippen LogP contribution is 2.65. The van der Waals surface area contributed by atoms with E-state index in [1.807, 2.05) is 18.7 Å². The van der Waals surface area contributed by atoms with Crippen molar-refractivity contribution in [3.8, 4) is 0 Å². The highest BCUT2D eigenvalue weighted by Gasteiger charge is 2.80. The number of rotatable bonds is 18. The van der Waals surface area contributed by atoms with E-state index in [4.69, 9.17) is 4.74 Å². The molecular weight excluding hydrogens is 506 g/mol. The molecule has 3 rings (SSSR count). The van der Waals surface area contributed by atoms with E-state index in [2.05, 4.69) is 27.0 Å². The van der Waals surface area contributed by atoms with Gasteiger partial charge in [0.2, 0.25) is 17.7 Å². The first-order valence-electron chi connectivity index (χ1n) is 15.6. The van der Waals surface area contributed by atoms with Crippen LogP contribution in [0.2, 0.25) is 0 Å². The van der Waals surface area contributed by atoms with Crippen LogP contribution in [0, 0.1) is 17.8 Å². The van der Waals surface area contributed by atoms with Gasteiger partial charge in [0.15, 0.2) is 0 Å². The molecule has 3 fully saturated rings. The standard InChI is InChI=1S/C32H53N3O5/c1-7-11-14-20-34(19-10-4)30(39)27-32-23-24(5)31(6,40-32)25(28(37)33(17-8-2)18-9-3)26(32)29(38)35(27)21-15-12-13-16-22-36/h8,10,24-27,36H,2,4,7,9,11-23H2,1,3,5-6H3/t24?,25-,26+,27?,31+,32?/m1/s1. The fourth-order valence-electron chi connectivity index (χ4n) is 7.47. The van der Waals surface area contributed by atoms with Crippen LogP contribution in [0.15, 0.2) is 25.3 Å². The molecular formula is C32H53N3O5. The first-order valence-corrected chi connectivity index (χ1v) is 15.6. The van der Waals surface area contributed by atoms with Gasteiger partial charge in [-0.1, -0.05) is 58.6 Å². The van der Waals surface area contributed by atoms with E-state index >= 15 is 0 Å². The SMILES string of the molecule is C=CCN(CCCCC)C(=O)C1N(CCCCCCO)C(=O)[C@@H]2[C@H](C(=O)N(CC=C)CCC)[C@@]3(C)OC12CC3C. The quantitative estimate of drug-likeness (QED) is 0.201. The lowest BCUT2D eigenvalue weighted by Crippen LogP contribution is -2.57. The molecule has 6 atom stereocenters. The van der Waals surface area contributed by atoms with Crippen molar-refractivity contribution in [3.63, 3.8) is 0 Å². The molecule has 3 unspecified atom stereocenters. The molecule has 0 aromatic carbocycles. The third-order valence-electron chi connectivity index (χ3n) is 9.47. The minimum absolute atomic E-state index is 0.0189. The van der Waals surface area contributed by atoms with Crippen molar-refractivity contribution in [2.24, 2.45) is 17.8 Å². The van der Waals surface area contributed by atoms with Crippen molar-refractivity contribution in [1.82, 2.24) is 14.7 Å². The van der Waals surface area contributed by atoms with Crippen LogP contribution in [0.3, 0.4) is 0 Å². The monoisotopic (exact) mass is 559 g/mol. The number of carbonyl (C=O) groups is 3. The number of unbranched alkanes of at least 4 members (excludes halogenated alkanes) is 5. The molecule has 1 spiro atoms. The van der Waals surface area contributed by atoms with E-state index in [0.717, 1.165) is 51.4 Å². The molecule has 0 aliphatic carbocycles. The van der Waals surface area contributed by atoms with E-state index in [0.29, 0.717) is 39.1 Å². The Labute approximate surface area is 241 Å². The van der Waals surface area contributed by atoms with E-state index < -0.39 is 29.1 Å². The van der Waals surface area contributed by atoms with Gasteiger partial charge in [-0.15, -0.1) is 13.2 Å². The number of aliphatic hydroxyl groups is 1. The Morgan fingerprint density at radius 1 is 1.00 bits per heavy atom. The number of likely N-dealkylation sites (tertiary alicyclic amines) is 1. The van der Waals surface area contributed by atoms with Gasteiger partial charge >= 0.3 is 0 Å². The number of nitrogens with zero attached hydrogens (tertiary/aromatic N) is 3. The molecule has 0 radical (unpaired) electrons. The second-order valence-corrected chi connectivity index (χ2v) is 12.2. The Hall–Kier alpha value is -2.19. The smallest absolute Gasteiger partial charge is 0.248 e. The van der Waals surface area contributed by atoms with Gasteiger partial charge in [0.25, 0.3) is 0 Å². The number of carbonyl (C=O) groups excluding carboxylic acids is 3. The average Bonchev–Trinajstić information content (AvgIpc) is 3.43. The molecule has 3 saturated heterocycles. The van der Waals surface area contributed by atoms with Crippen molar-refractivity contribution >= 4 is 17.7 Å². The number of aliphatic hydroxyl groups excluding tert-OH is 1. The van der Waals surface area contributed by atoms with E-state index in [9.17, 15) is 19.5 Å². The largest absolute Gasteiger partial charge is 0.396 e. The number of hydrogen-bond acceptors (Lipinski definition) is 5. The van der Waals surface area contributed by atoms with Crippen molar-refractivity contribution in [1.29, 1.82) is 0 Å². The molecule has 40 heavy (non-hydrogen) atoms. The molecule has 1 N–H and O–H groups in total. The summed E-state index contributed by atoms with van der Waals surface area (Å²) in [5.74, 6) is -1.60. The third kappa shape index (κ3) is 5.89. The van der Waals surface area contributed by atoms with Crippen molar-refractivity contribution < 1.29 is 24.2 Å². The van der Waals surface area contributed by atoms with Gasteiger partial charge in [0.05, 0.1) is 17.4 Å². The van der Waals surface area contributed by atoms with Crippen LogP contribution in [-0.2, 0) is 19.1 Å². The van der Waals surface area contributed by atoms with Gasteiger partial charge in [0, 0.05) is 39.3 Å². The molecule has 3 heterocycles. The number of fused-ring (bicyclic) bond motifs is 1. The minimum Gasteiger partial charge on any atom is -0.396 e. The Bertz CT molecular complexity index is 924. The Balaban J connectivity index is 2.03. The Morgan fingerprint density at radius 2 is 1.65 bits per heavy atom. The second-order valence-electron chi connectivity index (χ2n) is 12.2. The summed E-state index contributed by atoms with van der Waals surface area (Å²) in [6, 6.07) is -0.759. The van der Waals surface area contributed by atoms with Crippen LogP contribution in [0.25, 0.3) is 0 Å². The Morgan fingerprint density at radius 3 is 2.25 bits per heavy atom. The molecule has 0 aromatic heterocycles. The Kier molecular flexibility index (Phi) is 11.4. The summed E-state index contributed by atoms with van der Waals surface area (Å²) in [5.41, 5.74) is -1.84. The van der Waals surface area contributed by atoms with Gasteiger partial charge in [-0.3, -0.25) is 14.4 Å². The lowest BCUT2D eigenvalue weighted by atomic mass is 9.62. The summed E-state index contributed by atoms with van der Waals surface area (Å²) in [5, 5.41) is 9.18. The summed E-state index contributed by atoms with van der Waals surface area (Å²) >= 11 is 0. The van der Waals surface area contributed by atoms with Gasteiger partial charge in [-0.25, -0.2) is 0 Å². The zero-order chi connectivity index (χ0) is 29.5. The fraction of sp³-hybridized carbons (Fsp3) is 0.781. The third-order valence-corrected chi connectivity index (χ3v) is 9.47. The highest BCUT2D eigenvalue weighted by atomic mass is 16.5. The summed E-state index contributed by atoms with van der Waals surface area (Å²) in [4.78, 5) is 48.4. The minimum atomic E-state index is -1.02. The maximum absolute atomic E-state index is 14.4. The number of amides is 3. The second kappa shape index (κ2) is 14.1. The normalized spacial score (nSPS) is 30.4. The van der Waals surface area contributed by atoms with Gasteiger partial charge < -0.3 is 24.5 Å². The molecule has 226 valence electrons. The summed E-state index contributed by atoms with van der Waals surface area (Å²) in [6.07, 6.45) is 11.0. The van der Waals surface area contributed by atoms with Gasteiger partial charge in [0.1, 0.15) is 11.6 Å². The van der Waals surface area contributed by atoms with Gasteiger partial charge in [-0.05, 0) is 44.9 Å². The average molecular weight is 560 g/mol. The van der Waals surface area contributed by atoms with Crippen LogP contribution in [-0.4, -0.2) is 94.1 Å². The van der Waals surface area contributed by atoms with E-state index in [-0.39, 0.29) is 30.2 Å². The van der Waals surface area contributed by atoms with Gasteiger partial charge in [-0.2, -0.15) is 0 Å². The van der Waals surface area contributed by atoms with Crippen LogP contribution in [0.5, 0.6) is 0 Å². The first kappa shape index (κ1) is 32.3. The number of ether oxygens (including phenoxy) is 1. The lowest BCUT2D eigenvalue weighted by Gasteiger charge is -2.39. The van der Waals surface area contributed by atoms with Crippen molar-refractivity contribution in [2.75, 3.05) is 39.3 Å². The first-order chi connectivity index (χ1) is 19.2. The van der Waals surface area contributed by atoms with E-state index in [1.54, 1.807) is 22.0 Å². The van der Waals surface area contributed by atoms with Crippen LogP contribution >= 0.6 is 0 Å². The van der Waals surface area contributed by atoms with Crippen LogP contribution in [0.1, 0.15) is 85.5 Å². The molecule has 0 saturated carbocycles. The molecule has 3 aliphatic heterocycles. The zero-order valence-electron chi connectivity index (χ0n) is 25.4. The molecule has 8 heteroatoms. The summed E-state index contributed by atoms with van der Waals surface area (Å²) in [7, 11) is 0. The summed E-state index contributed by atoms with van der Waals surface area (Å²) < 4.78 is 6.91. The van der Waals surface area contributed by atoms with Crippen LogP contribution in [0.4, 0.5) is 0 Å². The molecule has 0 aromatic rings. The predicted octanol–water partition coefficient (Wildman–Crippen LogP) is 4.18. The fourth-order valence-corrected chi connectivity index (χ4v) is 7.47. The molecule has 3 amide bonds. The lowest BCUT2D eigenvalue weighted by molar-refractivity contribution is -0.154. The number of hydrogen-bond donors (Lipinski definition) is 1. The van der Waals surface area contributed by atoms with Crippen molar-refractivity contribution in [2.45, 2.75) is 103 Å². The highest BCUT2D eigenvalue weighted by molar-refractivity contribution is 5.99. The topological polar surface area (TPSA) is 90.4 Å². The van der Waals surface area contributed by atoms with Crippen molar-refractivity contribution in [3.05, 3.63) is 25.3 Å². The zero-order valence-corrected chi connectivity index (χ0v) is 25.4. The molecule has 3 aliphatic rings. The predicted molar refractivity (Wildman–Crippen MR) is 157 cm³/mol.